The molecule has 2 aromatic carbocycles. The first-order valence-corrected chi connectivity index (χ1v) is 9.04. The van der Waals surface area contributed by atoms with E-state index in [4.69, 9.17) is 0 Å². The van der Waals surface area contributed by atoms with Crippen molar-refractivity contribution in [3.8, 4) is 0 Å². The van der Waals surface area contributed by atoms with E-state index >= 15 is 0 Å². The van der Waals surface area contributed by atoms with Crippen LogP contribution in [0.15, 0.2) is 53.0 Å². The van der Waals surface area contributed by atoms with Gasteiger partial charge in [-0.2, -0.15) is 13.2 Å². The van der Waals surface area contributed by atoms with Crippen molar-refractivity contribution < 1.29 is 22.8 Å². The molecule has 0 spiro atoms. The quantitative estimate of drug-likeness (QED) is 0.776. The zero-order valence-corrected chi connectivity index (χ0v) is 15.7. The topological polar surface area (TPSA) is 49.4 Å². The number of amides is 2. The largest absolute Gasteiger partial charge is 0.416 e. The number of hydrogen-bond acceptors (Lipinski definition) is 2. The van der Waals surface area contributed by atoms with Gasteiger partial charge < -0.3 is 10.2 Å². The molecular formula is C19H16BrF3N2O2. The molecule has 1 fully saturated rings. The summed E-state index contributed by atoms with van der Waals surface area (Å²) in [6.45, 7) is 0.207. The molecule has 142 valence electrons. The van der Waals surface area contributed by atoms with Crippen molar-refractivity contribution >= 4 is 33.4 Å². The van der Waals surface area contributed by atoms with Crippen LogP contribution in [0.3, 0.4) is 0 Å². The minimum absolute atomic E-state index is 0.0253. The maximum absolute atomic E-state index is 12.8. The second-order valence-corrected chi connectivity index (χ2v) is 7.13. The van der Waals surface area contributed by atoms with E-state index in [9.17, 15) is 22.8 Å². The lowest BCUT2D eigenvalue weighted by Gasteiger charge is -2.18. The molecule has 0 radical (unpaired) electrons. The Balaban J connectivity index is 1.63. The maximum Gasteiger partial charge on any atom is 0.416 e. The molecule has 0 saturated carbocycles. The molecule has 0 bridgehead atoms. The van der Waals surface area contributed by atoms with E-state index in [1.165, 1.54) is 12.1 Å². The van der Waals surface area contributed by atoms with Crippen LogP contribution < -0.4 is 10.2 Å². The van der Waals surface area contributed by atoms with Gasteiger partial charge in [0.05, 0.1) is 17.2 Å². The minimum atomic E-state index is -4.43. The first kappa shape index (κ1) is 19.4. The first-order valence-electron chi connectivity index (χ1n) is 8.24. The van der Waals surface area contributed by atoms with Gasteiger partial charge in [-0.15, -0.1) is 0 Å². The van der Waals surface area contributed by atoms with Crippen molar-refractivity contribution in [3.63, 3.8) is 0 Å². The molecule has 1 unspecified atom stereocenters. The number of halogens is 4. The summed E-state index contributed by atoms with van der Waals surface area (Å²) < 4.78 is 39.0. The van der Waals surface area contributed by atoms with E-state index in [0.717, 1.165) is 16.6 Å². The minimum Gasteiger partial charge on any atom is -0.352 e. The summed E-state index contributed by atoms with van der Waals surface area (Å²) in [6.07, 6.45) is -4.36. The zero-order chi connectivity index (χ0) is 19.6. The number of hydrogen-bond donors (Lipinski definition) is 1. The van der Waals surface area contributed by atoms with Crippen LogP contribution in [-0.2, 0) is 22.3 Å². The molecular weight excluding hydrogens is 425 g/mol. The van der Waals surface area contributed by atoms with Gasteiger partial charge in [0, 0.05) is 24.0 Å². The van der Waals surface area contributed by atoms with Gasteiger partial charge in [0.25, 0.3) is 0 Å². The standard InChI is InChI=1S/C19H16BrF3N2O2/c20-15-6-1-2-7-16(15)25-11-13(9-17(25)26)18(27)24-10-12-4-3-5-14(8-12)19(21,22)23/h1-8,13H,9-11H2,(H,24,27). The van der Waals surface area contributed by atoms with Crippen LogP contribution in [0.25, 0.3) is 0 Å². The Hall–Kier alpha value is -2.35. The third-order valence-corrected chi connectivity index (χ3v) is 5.03. The smallest absolute Gasteiger partial charge is 0.352 e. The van der Waals surface area contributed by atoms with Crippen LogP contribution in [0.1, 0.15) is 17.5 Å². The molecule has 8 heteroatoms. The molecule has 1 atom stereocenters. The number of benzene rings is 2. The number of nitrogens with one attached hydrogen (secondary N) is 1. The van der Waals surface area contributed by atoms with Gasteiger partial charge in [-0.1, -0.05) is 24.3 Å². The fraction of sp³-hybridized carbons (Fsp3) is 0.263. The van der Waals surface area contributed by atoms with E-state index in [1.807, 2.05) is 12.1 Å². The molecule has 3 rings (SSSR count). The van der Waals surface area contributed by atoms with Crippen molar-refractivity contribution in [2.75, 3.05) is 11.4 Å². The molecule has 1 heterocycles. The van der Waals surface area contributed by atoms with Crippen molar-refractivity contribution in [1.29, 1.82) is 0 Å². The molecule has 1 saturated heterocycles. The Morgan fingerprint density at radius 1 is 1.19 bits per heavy atom. The van der Waals surface area contributed by atoms with Crippen molar-refractivity contribution in [2.24, 2.45) is 5.92 Å². The number of carbonyl (C=O) groups excluding carboxylic acids is 2. The van der Waals surface area contributed by atoms with E-state index in [-0.39, 0.29) is 31.3 Å². The van der Waals surface area contributed by atoms with Crippen LogP contribution in [0.5, 0.6) is 0 Å². The molecule has 2 amide bonds. The third kappa shape index (κ3) is 4.50. The summed E-state index contributed by atoms with van der Waals surface area (Å²) in [4.78, 5) is 26.2. The van der Waals surface area contributed by atoms with Gasteiger partial charge in [0.15, 0.2) is 0 Å². The molecule has 1 aliphatic rings. The summed E-state index contributed by atoms with van der Waals surface area (Å²) in [7, 11) is 0. The number of rotatable bonds is 4. The lowest BCUT2D eigenvalue weighted by Crippen LogP contribution is -2.32. The van der Waals surface area contributed by atoms with Crippen LogP contribution in [0.2, 0.25) is 0 Å². The highest BCUT2D eigenvalue weighted by Gasteiger charge is 2.35. The lowest BCUT2D eigenvalue weighted by atomic mass is 10.1. The third-order valence-electron chi connectivity index (χ3n) is 4.36. The average molecular weight is 441 g/mol. The molecule has 4 nitrogen and oxygen atoms in total. The highest BCUT2D eigenvalue weighted by Crippen LogP contribution is 2.32. The maximum atomic E-state index is 12.8. The Labute approximate surface area is 162 Å². The predicted molar refractivity (Wildman–Crippen MR) is 97.9 cm³/mol. The fourth-order valence-corrected chi connectivity index (χ4v) is 3.48. The summed E-state index contributed by atoms with van der Waals surface area (Å²) in [5, 5.41) is 2.63. The zero-order valence-electron chi connectivity index (χ0n) is 14.1. The monoisotopic (exact) mass is 440 g/mol. The summed E-state index contributed by atoms with van der Waals surface area (Å²) in [6, 6.07) is 12.0. The Morgan fingerprint density at radius 3 is 2.63 bits per heavy atom. The normalized spacial score (nSPS) is 17.3. The highest BCUT2D eigenvalue weighted by molar-refractivity contribution is 9.10. The summed E-state index contributed by atoms with van der Waals surface area (Å²) in [5.41, 5.74) is 0.284. The van der Waals surface area contributed by atoms with E-state index in [0.29, 0.717) is 11.3 Å². The van der Waals surface area contributed by atoms with Gasteiger partial charge in [0.2, 0.25) is 11.8 Å². The first-order chi connectivity index (χ1) is 12.8. The Kier molecular flexibility index (Phi) is 5.55. The van der Waals surface area contributed by atoms with Crippen LogP contribution in [-0.4, -0.2) is 18.4 Å². The second-order valence-electron chi connectivity index (χ2n) is 6.27. The van der Waals surface area contributed by atoms with Gasteiger partial charge in [0.1, 0.15) is 0 Å². The predicted octanol–water partition coefficient (Wildman–Crippen LogP) is 4.14. The molecule has 1 N–H and O–H groups in total. The molecule has 2 aromatic rings. The van der Waals surface area contributed by atoms with Crippen molar-refractivity contribution in [1.82, 2.24) is 5.32 Å². The number of para-hydroxylation sites is 1. The van der Waals surface area contributed by atoms with E-state index in [2.05, 4.69) is 21.2 Å². The molecule has 1 aliphatic heterocycles. The number of anilines is 1. The number of alkyl halides is 3. The Bertz CT molecular complexity index is 870. The van der Waals surface area contributed by atoms with Crippen molar-refractivity contribution in [2.45, 2.75) is 19.1 Å². The lowest BCUT2D eigenvalue weighted by molar-refractivity contribution is -0.137. The van der Waals surface area contributed by atoms with Crippen LogP contribution >= 0.6 is 15.9 Å². The van der Waals surface area contributed by atoms with E-state index < -0.39 is 17.7 Å². The number of carbonyl (C=O) groups is 2. The highest BCUT2D eigenvalue weighted by atomic mass is 79.9. The van der Waals surface area contributed by atoms with Gasteiger partial charge >= 0.3 is 6.18 Å². The average Bonchev–Trinajstić information content (AvgIpc) is 3.01. The molecule has 27 heavy (non-hydrogen) atoms. The van der Waals surface area contributed by atoms with Crippen LogP contribution in [0, 0.1) is 5.92 Å². The van der Waals surface area contributed by atoms with Gasteiger partial charge in [-0.3, -0.25) is 9.59 Å². The summed E-state index contributed by atoms with van der Waals surface area (Å²) >= 11 is 3.39. The SMILES string of the molecule is O=C(NCc1cccc(C(F)(F)F)c1)C1CC(=O)N(c2ccccc2Br)C1. The molecule has 0 aliphatic carbocycles. The van der Waals surface area contributed by atoms with E-state index in [1.54, 1.807) is 17.0 Å². The van der Waals surface area contributed by atoms with Crippen molar-refractivity contribution in [3.05, 3.63) is 64.1 Å². The second kappa shape index (κ2) is 7.72. The van der Waals surface area contributed by atoms with Gasteiger partial charge in [-0.05, 0) is 45.8 Å². The van der Waals surface area contributed by atoms with Crippen LogP contribution in [0.4, 0.5) is 18.9 Å². The fourth-order valence-electron chi connectivity index (χ4n) is 2.98. The summed E-state index contributed by atoms with van der Waals surface area (Å²) in [5.74, 6) is -1.06. The number of nitrogens with zero attached hydrogens (tertiary/aromatic N) is 1. The Morgan fingerprint density at radius 2 is 1.93 bits per heavy atom. The van der Waals surface area contributed by atoms with Gasteiger partial charge in [-0.25, -0.2) is 0 Å². The molecule has 0 aromatic heterocycles.